The smallest absolute Gasteiger partial charge is 0.265 e. The first-order chi connectivity index (χ1) is 12.5. The number of rotatable bonds is 7. The Morgan fingerprint density at radius 3 is 1.81 bits per heavy atom. The molecule has 0 spiro atoms. The quantitative estimate of drug-likeness (QED) is 0.632. The van der Waals surface area contributed by atoms with Crippen LogP contribution in [0, 0.1) is 0 Å². The van der Waals surface area contributed by atoms with Gasteiger partial charge in [-0.05, 0) is 51.6 Å². The van der Waals surface area contributed by atoms with Crippen LogP contribution in [0.2, 0.25) is 0 Å². The van der Waals surface area contributed by atoms with Gasteiger partial charge in [0.1, 0.15) is 5.75 Å². The number of amides is 1. The van der Waals surface area contributed by atoms with Crippen LogP contribution in [0.15, 0.2) is 24.3 Å². The average Bonchev–Trinajstić information content (AvgIpc) is 2.61. The lowest BCUT2D eigenvalue weighted by Crippen LogP contribution is -2.48. The molecule has 27 heavy (non-hydrogen) atoms. The van der Waals surface area contributed by atoms with Crippen LogP contribution >= 0.6 is 0 Å². The number of likely N-dealkylation sites (N-methyl/N-ethyl adjacent to an activating group) is 2. The Labute approximate surface area is 168 Å². The molecule has 1 rings (SSSR count). The Hall–Kier alpha value is -1.55. The molecule has 4 heteroatoms. The molecule has 1 amide bonds. The zero-order valence-corrected chi connectivity index (χ0v) is 19.7. The Balaban J connectivity index is 0. The molecule has 158 valence electrons. The van der Waals surface area contributed by atoms with E-state index < -0.39 is 5.60 Å². The summed E-state index contributed by atoms with van der Waals surface area (Å²) < 4.78 is 5.92. The molecule has 0 fully saturated rings. The molecule has 0 aliphatic carbocycles. The monoisotopic (exact) mass is 380 g/mol. The molecule has 0 saturated heterocycles. The summed E-state index contributed by atoms with van der Waals surface area (Å²) >= 11 is 0. The molecule has 0 saturated carbocycles. The van der Waals surface area contributed by atoms with Gasteiger partial charge in [0, 0.05) is 20.1 Å². The van der Waals surface area contributed by atoms with Crippen LogP contribution < -0.4 is 4.74 Å². The van der Waals surface area contributed by atoms with E-state index in [0.717, 1.165) is 12.3 Å². The maximum absolute atomic E-state index is 12.5. The summed E-state index contributed by atoms with van der Waals surface area (Å²) in [5.74, 6) is 1.20. The van der Waals surface area contributed by atoms with Crippen molar-refractivity contribution in [2.45, 2.75) is 73.3 Å². The fraction of sp³-hybridized carbons (Fsp3) is 0.696. The minimum absolute atomic E-state index is 0.0118. The van der Waals surface area contributed by atoms with Crippen LogP contribution in [0.3, 0.4) is 0 Å². The van der Waals surface area contributed by atoms with Gasteiger partial charge >= 0.3 is 0 Å². The Morgan fingerprint density at radius 1 is 1.00 bits per heavy atom. The zero-order valence-electron chi connectivity index (χ0n) is 19.7. The second-order valence-corrected chi connectivity index (χ2v) is 7.57. The van der Waals surface area contributed by atoms with Gasteiger partial charge in [-0.2, -0.15) is 0 Å². The molecule has 0 bridgehead atoms. The molecule has 0 aliphatic rings. The van der Waals surface area contributed by atoms with Crippen LogP contribution in [0.5, 0.6) is 5.75 Å². The SMILES string of the molecule is CC.CC(C)c1ccc(OC(C)(C)C(=O)N(C)CCN(C)C)cc1.CCC. The minimum Gasteiger partial charge on any atom is -0.478 e. The van der Waals surface area contributed by atoms with Crippen molar-refractivity contribution in [2.24, 2.45) is 0 Å². The average molecular weight is 381 g/mol. The summed E-state index contributed by atoms with van der Waals surface area (Å²) in [6, 6.07) is 7.97. The van der Waals surface area contributed by atoms with Gasteiger partial charge in [-0.15, -0.1) is 0 Å². The lowest BCUT2D eigenvalue weighted by molar-refractivity contribution is -0.144. The highest BCUT2D eigenvalue weighted by molar-refractivity contribution is 5.84. The minimum atomic E-state index is -0.875. The van der Waals surface area contributed by atoms with Crippen LogP contribution in [0.1, 0.15) is 73.3 Å². The molecule has 0 aromatic heterocycles. The second kappa shape index (κ2) is 14.5. The first-order valence-corrected chi connectivity index (χ1v) is 10.2. The van der Waals surface area contributed by atoms with Gasteiger partial charge in [0.2, 0.25) is 0 Å². The summed E-state index contributed by atoms with van der Waals surface area (Å²) in [5.41, 5.74) is 0.389. The number of carbonyl (C=O) groups is 1. The Bertz CT molecular complexity index is 494. The highest BCUT2D eigenvalue weighted by Crippen LogP contribution is 2.23. The van der Waals surface area contributed by atoms with E-state index in [-0.39, 0.29) is 5.91 Å². The van der Waals surface area contributed by atoms with Gasteiger partial charge in [0.15, 0.2) is 5.60 Å². The molecular weight excluding hydrogens is 336 g/mol. The van der Waals surface area contributed by atoms with Crippen LogP contribution in [0.25, 0.3) is 0 Å². The van der Waals surface area contributed by atoms with E-state index in [1.54, 1.807) is 4.90 Å². The number of hydrogen-bond donors (Lipinski definition) is 0. The predicted octanol–water partition coefficient (Wildman–Crippen LogP) is 5.43. The van der Waals surface area contributed by atoms with Crippen LogP contribution in [-0.2, 0) is 4.79 Å². The van der Waals surface area contributed by atoms with Gasteiger partial charge in [-0.25, -0.2) is 0 Å². The van der Waals surface area contributed by atoms with Crippen molar-refractivity contribution in [3.63, 3.8) is 0 Å². The van der Waals surface area contributed by atoms with Crippen LogP contribution in [-0.4, -0.2) is 55.5 Å². The molecule has 0 radical (unpaired) electrons. The van der Waals surface area contributed by atoms with Crippen molar-refractivity contribution in [1.29, 1.82) is 0 Å². The number of benzene rings is 1. The molecule has 4 nitrogen and oxygen atoms in total. The lowest BCUT2D eigenvalue weighted by Gasteiger charge is -2.30. The van der Waals surface area contributed by atoms with Crippen molar-refractivity contribution < 1.29 is 9.53 Å². The maximum Gasteiger partial charge on any atom is 0.265 e. The van der Waals surface area contributed by atoms with Crippen molar-refractivity contribution in [1.82, 2.24) is 9.80 Å². The predicted molar refractivity (Wildman–Crippen MR) is 119 cm³/mol. The molecule has 0 atom stereocenters. The van der Waals surface area contributed by atoms with Crippen molar-refractivity contribution >= 4 is 5.91 Å². The molecule has 0 unspecified atom stereocenters. The fourth-order valence-electron chi connectivity index (χ4n) is 2.17. The van der Waals surface area contributed by atoms with Gasteiger partial charge in [-0.3, -0.25) is 4.79 Å². The van der Waals surface area contributed by atoms with E-state index in [1.807, 2.05) is 61.0 Å². The summed E-state index contributed by atoms with van der Waals surface area (Å²) in [6.07, 6.45) is 1.25. The van der Waals surface area contributed by atoms with Crippen molar-refractivity contribution in [3.05, 3.63) is 29.8 Å². The summed E-state index contributed by atoms with van der Waals surface area (Å²) in [5, 5.41) is 0. The van der Waals surface area contributed by atoms with E-state index >= 15 is 0 Å². The molecule has 1 aromatic rings. The fourth-order valence-corrected chi connectivity index (χ4v) is 2.17. The molecule has 0 N–H and O–H groups in total. The summed E-state index contributed by atoms with van der Waals surface area (Å²) in [6.45, 7) is 17.7. The summed E-state index contributed by atoms with van der Waals surface area (Å²) in [7, 11) is 5.81. The maximum atomic E-state index is 12.5. The van der Waals surface area contributed by atoms with Gasteiger partial charge < -0.3 is 14.5 Å². The first-order valence-electron chi connectivity index (χ1n) is 10.2. The third-order valence-corrected chi connectivity index (χ3v) is 3.66. The second-order valence-electron chi connectivity index (χ2n) is 7.57. The highest BCUT2D eigenvalue weighted by Gasteiger charge is 2.32. The number of ether oxygens (including phenoxy) is 1. The topological polar surface area (TPSA) is 32.8 Å². The third kappa shape index (κ3) is 11.7. The van der Waals surface area contributed by atoms with E-state index in [9.17, 15) is 4.79 Å². The standard InChI is InChI=1S/C18H30N2O2.C3H8.C2H6/c1-14(2)15-8-10-16(11-9-15)22-18(3,4)17(21)20(7)13-12-19(5)6;1-3-2;1-2/h8-11,14H,12-13H2,1-7H3;3H2,1-2H3;1-2H3. The molecule has 0 aliphatic heterocycles. The van der Waals surface area contributed by atoms with E-state index in [2.05, 4.69) is 44.7 Å². The highest BCUT2D eigenvalue weighted by atomic mass is 16.5. The molecule has 1 aromatic carbocycles. The largest absolute Gasteiger partial charge is 0.478 e. The normalized spacial score (nSPS) is 10.6. The van der Waals surface area contributed by atoms with E-state index in [4.69, 9.17) is 4.74 Å². The lowest BCUT2D eigenvalue weighted by atomic mass is 10.0. The van der Waals surface area contributed by atoms with Gasteiger partial charge in [0.05, 0.1) is 0 Å². The van der Waals surface area contributed by atoms with Gasteiger partial charge in [-0.1, -0.05) is 60.1 Å². The van der Waals surface area contributed by atoms with E-state index in [1.165, 1.54) is 12.0 Å². The third-order valence-electron chi connectivity index (χ3n) is 3.66. The number of carbonyl (C=O) groups excluding carboxylic acids is 1. The van der Waals surface area contributed by atoms with Crippen molar-refractivity contribution in [2.75, 3.05) is 34.2 Å². The van der Waals surface area contributed by atoms with E-state index in [0.29, 0.717) is 12.5 Å². The first kappa shape index (κ1) is 27.7. The number of hydrogen-bond acceptors (Lipinski definition) is 3. The zero-order chi connectivity index (χ0) is 21.6. The Morgan fingerprint density at radius 2 is 1.44 bits per heavy atom. The van der Waals surface area contributed by atoms with Gasteiger partial charge in [0.25, 0.3) is 5.91 Å². The molecular formula is C23H44N2O2. The molecule has 0 heterocycles. The Kier molecular flexibility index (Phi) is 14.9. The number of nitrogens with zero attached hydrogens (tertiary/aromatic N) is 2. The summed E-state index contributed by atoms with van der Waals surface area (Å²) in [4.78, 5) is 16.3. The van der Waals surface area contributed by atoms with Crippen molar-refractivity contribution in [3.8, 4) is 5.75 Å². The van der Waals surface area contributed by atoms with Crippen LogP contribution in [0.4, 0.5) is 0 Å².